The third-order valence-electron chi connectivity index (χ3n) is 7.20. The van der Waals surface area contributed by atoms with Crippen LogP contribution >= 0.6 is 0 Å². The number of Topliss-reactive ketones (excluding diaryl/α,β-unsaturated/α-hetero) is 1. The van der Waals surface area contributed by atoms with Crippen LogP contribution in [-0.2, 0) is 16.0 Å². The Morgan fingerprint density at radius 3 is 2.44 bits per heavy atom. The van der Waals surface area contributed by atoms with Gasteiger partial charge >= 0.3 is 0 Å². The summed E-state index contributed by atoms with van der Waals surface area (Å²) < 4.78 is 16.3. The number of hydrogen-bond acceptors (Lipinski definition) is 8. The summed E-state index contributed by atoms with van der Waals surface area (Å²) in [6, 6.07) is 14.8. The number of aliphatic hydroxyl groups is 1. The maximum absolute atomic E-state index is 13.5. The van der Waals surface area contributed by atoms with Gasteiger partial charge < -0.3 is 29.2 Å². The van der Waals surface area contributed by atoms with Crippen molar-refractivity contribution in [2.24, 2.45) is 0 Å². The number of likely N-dealkylation sites (tertiary alicyclic amines) is 1. The number of nitro groups is 1. The van der Waals surface area contributed by atoms with Gasteiger partial charge in [0.15, 0.2) is 0 Å². The van der Waals surface area contributed by atoms with Gasteiger partial charge in [0, 0.05) is 53.0 Å². The fourth-order valence-electron chi connectivity index (χ4n) is 5.13. The number of non-ortho nitro benzene ring substituents is 1. The summed E-state index contributed by atoms with van der Waals surface area (Å²) in [4.78, 5) is 42.3. The Bertz CT molecular complexity index is 1710. The molecule has 11 heteroatoms. The molecule has 1 aliphatic heterocycles. The van der Waals surface area contributed by atoms with Gasteiger partial charge in [-0.25, -0.2) is 0 Å². The van der Waals surface area contributed by atoms with Crippen molar-refractivity contribution in [3.05, 3.63) is 99.2 Å². The van der Waals surface area contributed by atoms with E-state index in [0.717, 1.165) is 22.5 Å². The molecule has 210 valence electrons. The lowest BCUT2D eigenvalue weighted by Gasteiger charge is -2.27. The Balaban J connectivity index is 1.62. The van der Waals surface area contributed by atoms with E-state index in [1.807, 2.05) is 24.4 Å². The van der Waals surface area contributed by atoms with Crippen LogP contribution in [-0.4, -0.2) is 59.5 Å². The van der Waals surface area contributed by atoms with Crippen molar-refractivity contribution in [2.75, 3.05) is 27.9 Å². The summed E-state index contributed by atoms with van der Waals surface area (Å²) in [5.41, 5.74) is 1.82. The third-order valence-corrected chi connectivity index (χ3v) is 7.20. The second-order valence-corrected chi connectivity index (χ2v) is 9.38. The number of aromatic nitrogens is 1. The Hall–Kier alpha value is -5.32. The van der Waals surface area contributed by atoms with Gasteiger partial charge in [-0.15, -0.1) is 0 Å². The molecule has 1 atom stereocenters. The number of aliphatic hydroxyl groups excluding tert-OH is 1. The quantitative estimate of drug-likeness (QED) is 0.0985. The Kier molecular flexibility index (Phi) is 7.34. The van der Waals surface area contributed by atoms with Gasteiger partial charge in [0.05, 0.1) is 37.9 Å². The number of nitro benzene ring substituents is 1. The number of benzene rings is 3. The van der Waals surface area contributed by atoms with Crippen molar-refractivity contribution in [3.63, 3.8) is 0 Å². The molecule has 0 saturated carbocycles. The first-order valence-electron chi connectivity index (χ1n) is 12.7. The molecule has 1 fully saturated rings. The number of H-pyrrole nitrogens is 1. The molecule has 1 aromatic heterocycles. The van der Waals surface area contributed by atoms with Gasteiger partial charge in [-0.3, -0.25) is 19.7 Å². The van der Waals surface area contributed by atoms with Crippen LogP contribution in [0.3, 0.4) is 0 Å². The zero-order valence-electron chi connectivity index (χ0n) is 22.5. The lowest BCUT2D eigenvalue weighted by Crippen LogP contribution is -2.31. The number of aromatic amines is 1. The molecule has 0 unspecified atom stereocenters. The van der Waals surface area contributed by atoms with Gasteiger partial charge in [-0.2, -0.15) is 0 Å². The number of hydrogen-bond donors (Lipinski definition) is 2. The molecule has 5 rings (SSSR count). The van der Waals surface area contributed by atoms with Gasteiger partial charge in [0.2, 0.25) is 0 Å². The fourth-order valence-corrected chi connectivity index (χ4v) is 5.13. The number of amides is 1. The molecule has 0 spiro atoms. The molecule has 0 bridgehead atoms. The predicted molar refractivity (Wildman–Crippen MR) is 150 cm³/mol. The number of rotatable bonds is 9. The SMILES string of the molecule is COc1ccc([C@H]2C(=C(O)c3cccc([N+](=O)[O-])c3)C(=O)C(=O)N2CCc2c[nH]c3ccc(OC)cc23)c(OC)c1. The van der Waals surface area contributed by atoms with Crippen LogP contribution in [0.1, 0.15) is 22.7 Å². The second kappa shape index (κ2) is 11.0. The van der Waals surface area contributed by atoms with Crippen LogP contribution in [0.4, 0.5) is 5.69 Å². The Labute approximate surface area is 234 Å². The number of nitrogens with zero attached hydrogens (tertiary/aromatic N) is 2. The smallest absolute Gasteiger partial charge is 0.295 e. The van der Waals surface area contributed by atoms with Crippen LogP contribution < -0.4 is 14.2 Å². The molecular weight excluding hydrogens is 530 g/mol. The van der Waals surface area contributed by atoms with Crippen molar-refractivity contribution in [3.8, 4) is 17.2 Å². The van der Waals surface area contributed by atoms with Crippen LogP contribution in [0.15, 0.2) is 72.4 Å². The number of nitrogens with one attached hydrogen (secondary N) is 1. The van der Waals surface area contributed by atoms with Crippen LogP contribution in [0.2, 0.25) is 0 Å². The maximum atomic E-state index is 13.5. The standard InChI is InChI=1S/C30H27N3O8/c1-39-20-8-10-24-23(14-20)18(16-31-24)11-12-32-27(22-9-7-21(40-2)15-25(22)41-3)26(29(35)30(32)36)28(34)17-5-4-6-19(13-17)33(37)38/h4-10,13-16,27,31,34H,11-12H2,1-3H3/t27-/m0/s1. The first-order chi connectivity index (χ1) is 19.8. The maximum Gasteiger partial charge on any atom is 0.295 e. The molecule has 1 saturated heterocycles. The first-order valence-corrected chi connectivity index (χ1v) is 12.7. The number of methoxy groups -OCH3 is 3. The van der Waals surface area contributed by atoms with Crippen molar-refractivity contribution in [1.29, 1.82) is 0 Å². The Morgan fingerprint density at radius 2 is 1.73 bits per heavy atom. The van der Waals surface area contributed by atoms with E-state index in [1.165, 1.54) is 37.3 Å². The van der Waals surface area contributed by atoms with Gasteiger partial charge in [0.1, 0.15) is 23.0 Å². The van der Waals surface area contributed by atoms with Crippen molar-refractivity contribution < 1.29 is 33.8 Å². The summed E-state index contributed by atoms with van der Waals surface area (Å²) >= 11 is 0. The van der Waals surface area contributed by atoms with Crippen molar-refractivity contribution in [1.82, 2.24) is 9.88 Å². The lowest BCUT2D eigenvalue weighted by atomic mass is 9.94. The monoisotopic (exact) mass is 557 g/mol. The average molecular weight is 558 g/mol. The van der Waals surface area contributed by atoms with E-state index < -0.39 is 28.4 Å². The minimum Gasteiger partial charge on any atom is -0.507 e. The van der Waals surface area contributed by atoms with E-state index in [4.69, 9.17) is 14.2 Å². The highest BCUT2D eigenvalue weighted by Gasteiger charge is 2.47. The predicted octanol–water partition coefficient (Wildman–Crippen LogP) is 4.77. The molecule has 2 N–H and O–H groups in total. The first kappa shape index (κ1) is 27.3. The summed E-state index contributed by atoms with van der Waals surface area (Å²) in [6.07, 6.45) is 2.22. The summed E-state index contributed by atoms with van der Waals surface area (Å²) in [6.45, 7) is 0.125. The Morgan fingerprint density at radius 1 is 1.00 bits per heavy atom. The number of carbonyl (C=O) groups is 2. The molecule has 11 nitrogen and oxygen atoms in total. The molecule has 41 heavy (non-hydrogen) atoms. The highest BCUT2D eigenvalue weighted by molar-refractivity contribution is 6.46. The third kappa shape index (κ3) is 4.93. The normalized spacial score (nSPS) is 16.3. The zero-order valence-corrected chi connectivity index (χ0v) is 22.5. The summed E-state index contributed by atoms with van der Waals surface area (Å²) in [5, 5.41) is 23.6. The van der Waals surface area contributed by atoms with Crippen LogP contribution in [0.25, 0.3) is 16.7 Å². The van der Waals surface area contributed by atoms with E-state index in [2.05, 4.69) is 4.98 Å². The van der Waals surface area contributed by atoms with Crippen molar-refractivity contribution in [2.45, 2.75) is 12.5 Å². The van der Waals surface area contributed by atoms with Crippen molar-refractivity contribution >= 4 is 34.0 Å². The van der Waals surface area contributed by atoms with Gasteiger partial charge in [-0.1, -0.05) is 12.1 Å². The van der Waals surface area contributed by atoms with Gasteiger partial charge in [-0.05, 0) is 42.3 Å². The minimum atomic E-state index is -1.03. The zero-order chi connectivity index (χ0) is 29.3. The largest absolute Gasteiger partial charge is 0.507 e. The number of ether oxygens (including phenoxy) is 3. The van der Waals surface area contributed by atoms with Gasteiger partial charge in [0.25, 0.3) is 17.4 Å². The average Bonchev–Trinajstić information content (AvgIpc) is 3.52. The number of fused-ring (bicyclic) bond motifs is 1. The van der Waals surface area contributed by atoms with E-state index >= 15 is 0 Å². The number of carbonyl (C=O) groups excluding carboxylic acids is 2. The van der Waals surface area contributed by atoms with E-state index in [-0.39, 0.29) is 23.4 Å². The van der Waals surface area contributed by atoms with Crippen LogP contribution in [0, 0.1) is 10.1 Å². The molecule has 0 aliphatic carbocycles. The molecule has 1 aliphatic rings. The van der Waals surface area contributed by atoms with Crippen LogP contribution in [0.5, 0.6) is 17.2 Å². The highest BCUT2D eigenvalue weighted by atomic mass is 16.6. The second-order valence-electron chi connectivity index (χ2n) is 9.38. The fraction of sp³-hybridized carbons (Fsp3) is 0.200. The highest BCUT2D eigenvalue weighted by Crippen LogP contribution is 2.44. The molecule has 0 radical (unpaired) electrons. The molecular formula is C30H27N3O8. The molecule has 1 amide bonds. The molecule has 3 aromatic carbocycles. The topological polar surface area (TPSA) is 144 Å². The van der Waals surface area contributed by atoms with E-state index in [0.29, 0.717) is 29.2 Å². The molecule has 2 heterocycles. The number of ketones is 1. The summed E-state index contributed by atoms with van der Waals surface area (Å²) in [7, 11) is 4.53. The lowest BCUT2D eigenvalue weighted by molar-refractivity contribution is -0.384. The van der Waals surface area contributed by atoms with E-state index in [1.54, 1.807) is 25.3 Å². The molecule has 4 aromatic rings. The summed E-state index contributed by atoms with van der Waals surface area (Å²) in [5.74, 6) is -0.722. The van der Waals surface area contributed by atoms with E-state index in [9.17, 15) is 24.8 Å². The minimum absolute atomic E-state index is 0.0402.